The lowest BCUT2D eigenvalue weighted by Crippen LogP contribution is -2.25. The molecule has 1 amide bonds. The van der Waals surface area contributed by atoms with Gasteiger partial charge in [-0.1, -0.05) is 15.9 Å². The van der Waals surface area contributed by atoms with Crippen molar-refractivity contribution in [2.24, 2.45) is 0 Å². The van der Waals surface area contributed by atoms with Crippen molar-refractivity contribution in [3.63, 3.8) is 0 Å². The first-order valence-electron chi connectivity index (χ1n) is 7.66. The van der Waals surface area contributed by atoms with Crippen LogP contribution in [0.1, 0.15) is 16.8 Å². The fraction of sp³-hybridized carbons (Fsp3) is 0.235. The van der Waals surface area contributed by atoms with Gasteiger partial charge in [-0.05, 0) is 48.9 Å². The summed E-state index contributed by atoms with van der Waals surface area (Å²) in [6.07, 6.45) is 0.592. The Morgan fingerprint density at radius 2 is 1.92 bits per heavy atom. The van der Waals surface area contributed by atoms with Gasteiger partial charge >= 0.3 is 0 Å². The zero-order valence-electron chi connectivity index (χ0n) is 13.5. The summed E-state index contributed by atoms with van der Waals surface area (Å²) in [5, 5.41) is 2.79. The number of sulfonamides is 1. The Kier molecular flexibility index (Phi) is 5.01. The van der Waals surface area contributed by atoms with Crippen LogP contribution in [-0.4, -0.2) is 33.7 Å². The number of ether oxygens (including phenoxy) is 1. The molecule has 1 saturated heterocycles. The summed E-state index contributed by atoms with van der Waals surface area (Å²) in [7, 11) is -1.79. The molecule has 8 heteroatoms. The molecule has 3 rings (SSSR count). The van der Waals surface area contributed by atoms with Crippen LogP contribution in [0.2, 0.25) is 0 Å². The molecule has 6 nitrogen and oxygen atoms in total. The third kappa shape index (κ3) is 3.80. The van der Waals surface area contributed by atoms with Crippen LogP contribution in [0.5, 0.6) is 5.75 Å². The predicted molar refractivity (Wildman–Crippen MR) is 101 cm³/mol. The van der Waals surface area contributed by atoms with Crippen LogP contribution < -0.4 is 14.4 Å². The highest BCUT2D eigenvalue weighted by atomic mass is 79.9. The standard InChI is InChI=1S/C17H17BrN2O4S/c1-24-16-8-7-14(20-9-2-10-25(20,22)23)11-15(16)19-17(21)12-3-5-13(18)6-4-12/h3-8,11H,2,9-10H2,1H3,(H,19,21). The van der Waals surface area contributed by atoms with Crippen molar-refractivity contribution in [2.75, 3.05) is 29.0 Å². The molecule has 0 bridgehead atoms. The molecule has 1 N–H and O–H groups in total. The Balaban J connectivity index is 1.90. The smallest absolute Gasteiger partial charge is 0.255 e. The Morgan fingerprint density at radius 1 is 1.20 bits per heavy atom. The van der Waals surface area contributed by atoms with Crippen LogP contribution >= 0.6 is 15.9 Å². The first kappa shape index (κ1) is 17.8. The number of hydrogen-bond acceptors (Lipinski definition) is 4. The van der Waals surface area contributed by atoms with Crippen molar-refractivity contribution in [3.8, 4) is 5.75 Å². The number of rotatable bonds is 4. The zero-order valence-corrected chi connectivity index (χ0v) is 15.9. The Bertz CT molecular complexity index is 897. The molecule has 1 aliphatic heterocycles. The molecule has 0 atom stereocenters. The van der Waals surface area contributed by atoms with Crippen molar-refractivity contribution in [2.45, 2.75) is 6.42 Å². The number of amides is 1. The lowest BCUT2D eigenvalue weighted by Gasteiger charge is -2.19. The summed E-state index contributed by atoms with van der Waals surface area (Å²) < 4.78 is 31.7. The number of methoxy groups -OCH3 is 1. The summed E-state index contributed by atoms with van der Waals surface area (Å²) in [6, 6.07) is 11.9. The van der Waals surface area contributed by atoms with E-state index in [4.69, 9.17) is 4.74 Å². The molecule has 25 heavy (non-hydrogen) atoms. The minimum Gasteiger partial charge on any atom is -0.495 e. The highest BCUT2D eigenvalue weighted by Gasteiger charge is 2.29. The summed E-state index contributed by atoms with van der Waals surface area (Å²) in [5.74, 6) is 0.303. The second-order valence-electron chi connectivity index (χ2n) is 5.59. The average Bonchev–Trinajstić information content (AvgIpc) is 2.94. The number of carbonyl (C=O) groups is 1. The van der Waals surface area contributed by atoms with E-state index in [1.165, 1.54) is 11.4 Å². The van der Waals surface area contributed by atoms with Gasteiger partial charge in [-0.15, -0.1) is 0 Å². The number of nitrogens with zero attached hydrogens (tertiary/aromatic N) is 1. The average molecular weight is 425 g/mol. The monoisotopic (exact) mass is 424 g/mol. The van der Waals surface area contributed by atoms with Gasteiger partial charge in [0.2, 0.25) is 10.0 Å². The van der Waals surface area contributed by atoms with Crippen LogP contribution in [0.3, 0.4) is 0 Å². The predicted octanol–water partition coefficient (Wildman–Crippen LogP) is 3.25. The van der Waals surface area contributed by atoms with E-state index in [1.807, 2.05) is 0 Å². The second-order valence-corrected chi connectivity index (χ2v) is 8.52. The Hall–Kier alpha value is -2.06. The minimum atomic E-state index is -3.29. The molecule has 1 aliphatic rings. The summed E-state index contributed by atoms with van der Waals surface area (Å²) >= 11 is 3.33. The van der Waals surface area contributed by atoms with Gasteiger partial charge in [0.15, 0.2) is 0 Å². The van der Waals surface area contributed by atoms with Gasteiger partial charge in [0.25, 0.3) is 5.91 Å². The van der Waals surface area contributed by atoms with Gasteiger partial charge in [0.05, 0.1) is 24.2 Å². The molecule has 1 heterocycles. The molecular formula is C17H17BrN2O4S. The third-order valence-corrected chi connectivity index (χ3v) is 6.32. The van der Waals surface area contributed by atoms with Gasteiger partial charge in [0.1, 0.15) is 5.75 Å². The summed E-state index contributed by atoms with van der Waals surface area (Å²) in [6.45, 7) is 0.439. The molecule has 0 saturated carbocycles. The van der Waals surface area contributed by atoms with Crippen LogP contribution in [0.4, 0.5) is 11.4 Å². The van der Waals surface area contributed by atoms with Gasteiger partial charge in [-0.25, -0.2) is 8.42 Å². The highest BCUT2D eigenvalue weighted by molar-refractivity contribution is 9.10. The van der Waals surface area contributed by atoms with E-state index in [-0.39, 0.29) is 11.7 Å². The van der Waals surface area contributed by atoms with Gasteiger partial charge in [-0.2, -0.15) is 0 Å². The van der Waals surface area contributed by atoms with Crippen LogP contribution in [-0.2, 0) is 10.0 Å². The van der Waals surface area contributed by atoms with E-state index in [9.17, 15) is 13.2 Å². The highest BCUT2D eigenvalue weighted by Crippen LogP contribution is 2.33. The molecule has 0 aliphatic carbocycles. The molecule has 2 aromatic rings. The van der Waals surface area contributed by atoms with E-state index in [1.54, 1.807) is 42.5 Å². The molecule has 0 unspecified atom stereocenters. The van der Waals surface area contributed by atoms with Gasteiger partial charge in [-0.3, -0.25) is 9.10 Å². The fourth-order valence-corrected chi connectivity index (χ4v) is 4.49. The molecule has 2 aromatic carbocycles. The quantitative estimate of drug-likeness (QED) is 0.816. The number of anilines is 2. The zero-order chi connectivity index (χ0) is 18.0. The first-order valence-corrected chi connectivity index (χ1v) is 10.1. The number of halogens is 1. The number of benzene rings is 2. The van der Waals surface area contributed by atoms with Crippen molar-refractivity contribution < 1.29 is 17.9 Å². The molecule has 0 radical (unpaired) electrons. The van der Waals surface area contributed by atoms with Crippen molar-refractivity contribution in [1.82, 2.24) is 0 Å². The van der Waals surface area contributed by atoms with E-state index in [0.717, 1.165) is 4.47 Å². The van der Waals surface area contributed by atoms with E-state index >= 15 is 0 Å². The van der Waals surface area contributed by atoms with Crippen LogP contribution in [0.15, 0.2) is 46.9 Å². The fourth-order valence-electron chi connectivity index (χ4n) is 2.67. The molecule has 132 valence electrons. The van der Waals surface area contributed by atoms with Crippen LogP contribution in [0, 0.1) is 0 Å². The van der Waals surface area contributed by atoms with E-state index < -0.39 is 10.0 Å². The Labute approximate surface area is 155 Å². The number of nitrogens with one attached hydrogen (secondary N) is 1. The number of carbonyl (C=O) groups excluding carboxylic acids is 1. The molecular weight excluding hydrogens is 408 g/mol. The summed E-state index contributed by atoms with van der Waals surface area (Å²) in [5.41, 5.74) is 1.43. The maximum absolute atomic E-state index is 12.4. The summed E-state index contributed by atoms with van der Waals surface area (Å²) in [4.78, 5) is 12.4. The van der Waals surface area contributed by atoms with E-state index in [0.29, 0.717) is 35.7 Å². The molecule has 1 fully saturated rings. The van der Waals surface area contributed by atoms with E-state index in [2.05, 4.69) is 21.2 Å². The normalized spacial score (nSPS) is 15.8. The SMILES string of the molecule is COc1ccc(N2CCCS2(=O)=O)cc1NC(=O)c1ccc(Br)cc1. The lowest BCUT2D eigenvalue weighted by atomic mass is 10.2. The van der Waals surface area contributed by atoms with Gasteiger partial charge in [0, 0.05) is 16.6 Å². The topological polar surface area (TPSA) is 75.7 Å². The van der Waals surface area contributed by atoms with Gasteiger partial charge < -0.3 is 10.1 Å². The minimum absolute atomic E-state index is 0.139. The third-order valence-electron chi connectivity index (χ3n) is 3.92. The van der Waals surface area contributed by atoms with Crippen LogP contribution in [0.25, 0.3) is 0 Å². The molecule has 0 spiro atoms. The Morgan fingerprint density at radius 3 is 2.52 bits per heavy atom. The number of hydrogen-bond donors (Lipinski definition) is 1. The maximum Gasteiger partial charge on any atom is 0.255 e. The largest absolute Gasteiger partial charge is 0.495 e. The van der Waals surface area contributed by atoms with Crippen molar-refractivity contribution in [3.05, 3.63) is 52.5 Å². The van der Waals surface area contributed by atoms with Crippen molar-refractivity contribution in [1.29, 1.82) is 0 Å². The van der Waals surface area contributed by atoms with Crippen molar-refractivity contribution >= 4 is 43.2 Å². The first-order chi connectivity index (χ1) is 11.9. The molecule has 0 aromatic heterocycles. The lowest BCUT2D eigenvalue weighted by molar-refractivity contribution is 0.102. The second kappa shape index (κ2) is 7.05. The maximum atomic E-state index is 12.4.